The van der Waals surface area contributed by atoms with E-state index in [0.717, 1.165) is 0 Å². The number of aliphatic hydroxyl groups is 2. The fourth-order valence-electron chi connectivity index (χ4n) is 10.5. The Morgan fingerprint density at radius 1 is 0.861 bits per heavy atom. The predicted molar refractivity (Wildman–Crippen MR) is 290 cm³/mol. The predicted octanol–water partition coefficient (Wildman–Crippen LogP) is 2.32. The molecule has 22 nitrogen and oxygen atoms in total. The first-order chi connectivity index (χ1) is 37.0. The molecule has 3 heterocycles. The van der Waals surface area contributed by atoms with Crippen molar-refractivity contribution in [2.45, 2.75) is 201 Å². The lowest BCUT2D eigenvalue weighted by atomic mass is 9.91. The van der Waals surface area contributed by atoms with Crippen LogP contribution in [0.5, 0.6) is 5.75 Å². The Bertz CT molecular complexity index is 2330. The number of methoxy groups -OCH3 is 1. The summed E-state index contributed by atoms with van der Waals surface area (Å²) in [5.74, 6) is -10.3. The number of cyclic esters (lactones) is 2. The second-order valence-corrected chi connectivity index (χ2v) is 23.0. The maximum atomic E-state index is 15.0. The molecule has 5 N–H and O–H groups in total. The Hall–Kier alpha value is -6.16. The molecule has 0 spiro atoms. The molecule has 3 aliphatic heterocycles. The number of nitrogens with one attached hydrogen (secondary N) is 3. The third kappa shape index (κ3) is 16.9. The van der Waals surface area contributed by atoms with Gasteiger partial charge in [0.2, 0.25) is 35.4 Å². The van der Waals surface area contributed by atoms with Crippen molar-refractivity contribution in [1.82, 2.24) is 35.6 Å². The van der Waals surface area contributed by atoms with Crippen LogP contribution < -0.4 is 20.7 Å². The van der Waals surface area contributed by atoms with Crippen molar-refractivity contribution in [2.24, 2.45) is 29.6 Å². The van der Waals surface area contributed by atoms with Crippen LogP contribution >= 0.6 is 0 Å². The molecule has 3 saturated heterocycles. The van der Waals surface area contributed by atoms with Gasteiger partial charge < -0.3 is 60.0 Å². The van der Waals surface area contributed by atoms with Crippen molar-refractivity contribution in [3.63, 3.8) is 0 Å². The van der Waals surface area contributed by atoms with E-state index in [4.69, 9.17) is 14.2 Å². The minimum Gasteiger partial charge on any atom is -0.497 e. The number of aliphatic hydroxyl groups excluding tert-OH is 2. The molecule has 13 atom stereocenters. The van der Waals surface area contributed by atoms with Crippen LogP contribution in [0.15, 0.2) is 24.3 Å². The molecule has 3 fully saturated rings. The number of rotatable bonds is 15. The third-order valence-electron chi connectivity index (χ3n) is 15.5. The van der Waals surface area contributed by atoms with Gasteiger partial charge in [-0.25, -0.2) is 4.79 Å². The number of nitrogens with zero attached hydrogens (tertiary/aromatic N) is 4. The first kappa shape index (κ1) is 65.4. The van der Waals surface area contributed by atoms with Gasteiger partial charge in [-0.15, -0.1) is 0 Å². The van der Waals surface area contributed by atoms with Crippen molar-refractivity contribution < 1.29 is 72.4 Å². The van der Waals surface area contributed by atoms with Crippen LogP contribution in [0.4, 0.5) is 0 Å². The highest BCUT2D eigenvalue weighted by Gasteiger charge is 2.46. The van der Waals surface area contributed by atoms with Crippen molar-refractivity contribution in [3.05, 3.63) is 29.8 Å². The zero-order chi connectivity index (χ0) is 59.3. The summed E-state index contributed by atoms with van der Waals surface area (Å²) >= 11 is 0. The van der Waals surface area contributed by atoms with Crippen LogP contribution in [0.3, 0.4) is 0 Å². The monoisotopic (exact) mass is 1110 g/mol. The van der Waals surface area contributed by atoms with Crippen molar-refractivity contribution >= 4 is 59.1 Å². The quantitative estimate of drug-likeness (QED) is 0.124. The van der Waals surface area contributed by atoms with Crippen LogP contribution in [0, 0.1) is 29.6 Å². The van der Waals surface area contributed by atoms with Crippen molar-refractivity contribution in [2.75, 3.05) is 34.3 Å². The van der Waals surface area contributed by atoms with Crippen LogP contribution in [0.1, 0.15) is 133 Å². The van der Waals surface area contributed by atoms with Crippen molar-refractivity contribution in [3.8, 4) is 5.75 Å². The van der Waals surface area contributed by atoms with Gasteiger partial charge >= 0.3 is 11.9 Å². The molecule has 0 saturated carbocycles. The number of ether oxygens (including phenoxy) is 3. The molecule has 0 aromatic heterocycles. The van der Waals surface area contributed by atoms with E-state index in [-0.39, 0.29) is 57.0 Å². The summed E-state index contributed by atoms with van der Waals surface area (Å²) < 4.78 is 17.2. The fraction of sp³-hybridized carbons (Fsp3) is 0.719. The van der Waals surface area contributed by atoms with Gasteiger partial charge in [-0.3, -0.25) is 43.2 Å². The molecule has 442 valence electrons. The van der Waals surface area contributed by atoms with Crippen LogP contribution in [-0.2, 0) is 63.8 Å². The number of esters is 2. The van der Waals surface area contributed by atoms with E-state index in [0.29, 0.717) is 30.6 Å². The molecule has 3 aliphatic rings. The van der Waals surface area contributed by atoms with E-state index in [1.54, 1.807) is 52.0 Å². The van der Waals surface area contributed by atoms with E-state index in [2.05, 4.69) is 16.0 Å². The number of carbonyl (C=O) groups is 10. The Kier molecular flexibility index (Phi) is 24.3. The first-order valence-corrected chi connectivity index (χ1v) is 28.0. The first-order valence-electron chi connectivity index (χ1n) is 28.0. The van der Waals surface area contributed by atoms with Gasteiger partial charge in [0.05, 0.1) is 31.6 Å². The summed E-state index contributed by atoms with van der Waals surface area (Å²) in [5, 5.41) is 30.2. The van der Waals surface area contributed by atoms with Gasteiger partial charge in [0.1, 0.15) is 54.2 Å². The molecule has 1 aromatic rings. The maximum Gasteiger partial charge on any atom is 0.329 e. The molecular weight excluding hydrogens is 1020 g/mol. The summed E-state index contributed by atoms with van der Waals surface area (Å²) in [4.78, 5) is 149. The number of Topliss-reactive ketones (excluding diaryl/α,β-unsaturated/α-hetero) is 1. The fourth-order valence-corrected chi connectivity index (χ4v) is 10.5. The zero-order valence-electron chi connectivity index (χ0n) is 48.8. The largest absolute Gasteiger partial charge is 0.497 e. The second kappa shape index (κ2) is 29.3. The molecule has 1 aromatic carbocycles. The maximum absolute atomic E-state index is 15.0. The number of likely N-dealkylation sites (N-methyl/N-ethyl adjacent to an activating group) is 2. The lowest BCUT2D eigenvalue weighted by Gasteiger charge is -2.36. The molecule has 0 aliphatic carbocycles. The van der Waals surface area contributed by atoms with Crippen LogP contribution in [0.2, 0.25) is 0 Å². The molecule has 0 bridgehead atoms. The number of amides is 7. The standard InChI is InChI=1S/C57H89N7O15/c1-15-33(8)46-44(66)29-45(67)79-49(32(6)7)48(68)34(9)50(69)58-39(26-30(2)3)54(73)64-25-17-19-41(64)56(75)62(13)43(28-37-20-22-38(77-14)23-21-37)57(76)78-36(11)47(52(71)59-46)60-51(70)42(27-31(4)5)61(12)55(74)40-18-16-24-63(40)53(72)35(10)65/h20-23,30-36,39-44,46-47,49,65-66H,15-19,24-29H2,1-14H3,(H,58,69)(H,59,71)(H,60,70)/t33-,34-,35-,36+,39-,40-,41-,42-,43-,44-,46+,47-,49-/m0/s1. The summed E-state index contributed by atoms with van der Waals surface area (Å²) in [6.45, 7) is 18.4. The highest BCUT2D eigenvalue weighted by Crippen LogP contribution is 2.27. The molecule has 0 unspecified atom stereocenters. The average Bonchev–Trinajstić information content (AvgIpc) is 4.13. The second-order valence-electron chi connectivity index (χ2n) is 23.0. The number of ketones is 1. The lowest BCUT2D eigenvalue weighted by Crippen LogP contribution is -2.62. The number of hydrogen-bond donors (Lipinski definition) is 5. The summed E-state index contributed by atoms with van der Waals surface area (Å²) in [7, 11) is 4.29. The number of benzene rings is 1. The van der Waals surface area contributed by atoms with Crippen LogP contribution in [0.25, 0.3) is 0 Å². The molecule has 0 radical (unpaired) electrons. The Morgan fingerprint density at radius 3 is 2.06 bits per heavy atom. The average molecular weight is 1110 g/mol. The van der Waals surface area contributed by atoms with Gasteiger partial charge in [-0.05, 0) is 101 Å². The summed E-state index contributed by atoms with van der Waals surface area (Å²) in [5.41, 5.74) is 0.571. The van der Waals surface area contributed by atoms with Gasteiger partial charge in [0.25, 0.3) is 5.91 Å². The molecule has 7 amide bonds. The van der Waals surface area contributed by atoms with Gasteiger partial charge in [-0.1, -0.05) is 73.9 Å². The lowest BCUT2D eigenvalue weighted by molar-refractivity contribution is -0.163. The SMILES string of the molecule is CC[C@H](C)[C@H]1NC(=O)[C@@H](NC(=O)[C@H](CC(C)C)N(C)C(=O)[C@@H]2CCCN2C(=O)[C@H](C)O)[C@@H](C)OC(=O)[C@H](Cc2ccc(OC)cc2)N(C)C(=O)[C@@H]2CCCN2C(=O)[C@H](CC(C)C)NC(=O)[C@@H](C)C(=O)[C@H](C(C)C)OC(=O)C[C@@H]1O. The summed E-state index contributed by atoms with van der Waals surface area (Å²) in [6.07, 6.45) is -4.99. The molecule has 4 rings (SSSR count). The smallest absolute Gasteiger partial charge is 0.329 e. The van der Waals surface area contributed by atoms with E-state index in [9.17, 15) is 53.4 Å². The molecular formula is C57H89N7O15. The van der Waals surface area contributed by atoms with E-state index < -0.39 is 150 Å². The van der Waals surface area contributed by atoms with Crippen molar-refractivity contribution in [1.29, 1.82) is 0 Å². The Morgan fingerprint density at radius 2 is 1.49 bits per heavy atom. The molecule has 79 heavy (non-hydrogen) atoms. The number of likely N-dealkylation sites (tertiary alicyclic amines) is 1. The van der Waals surface area contributed by atoms with E-state index in [1.807, 2.05) is 27.7 Å². The van der Waals surface area contributed by atoms with E-state index in [1.165, 1.54) is 61.6 Å². The minimum absolute atomic E-state index is 0.0720. The normalized spacial score (nSPS) is 27.7. The summed E-state index contributed by atoms with van der Waals surface area (Å²) in [6, 6.07) is -2.19. The van der Waals surface area contributed by atoms with Gasteiger partial charge in [0.15, 0.2) is 11.9 Å². The molecule has 22 heteroatoms. The number of carbonyl (C=O) groups excluding carboxylic acids is 10. The number of hydrogen-bond acceptors (Lipinski definition) is 15. The van der Waals surface area contributed by atoms with E-state index >= 15 is 4.79 Å². The van der Waals surface area contributed by atoms with Gasteiger partial charge in [0, 0.05) is 33.6 Å². The highest BCUT2D eigenvalue weighted by atomic mass is 16.6. The minimum atomic E-state index is -1.76. The topological polar surface area (TPSA) is 288 Å². The highest BCUT2D eigenvalue weighted by molar-refractivity contribution is 6.05. The van der Waals surface area contributed by atoms with Crippen LogP contribution in [-0.4, -0.2) is 190 Å². The van der Waals surface area contributed by atoms with Gasteiger partial charge in [-0.2, -0.15) is 0 Å². The Balaban J connectivity index is 1.89. The Labute approximate surface area is 465 Å². The zero-order valence-corrected chi connectivity index (χ0v) is 48.8. The number of fused-ring (bicyclic) bond motifs is 1. The third-order valence-corrected chi connectivity index (χ3v) is 15.5.